The number of carbonyl (C=O) groups is 1. The first-order chi connectivity index (χ1) is 10.7. The van der Waals surface area contributed by atoms with Gasteiger partial charge in [-0.05, 0) is 6.42 Å². The van der Waals surface area contributed by atoms with Crippen LogP contribution in [-0.2, 0) is 4.79 Å². The van der Waals surface area contributed by atoms with Crippen molar-refractivity contribution in [2.24, 2.45) is 0 Å². The standard InChI is InChI=1S/C10H7F13O2/c1-2-3(11)5(12,13)7(16,17)9(20,21)10(22,23)8(18,19)6(14,15)4(24)25/h3H,2H2,1H3,(H,24,25). The molecule has 0 aliphatic carbocycles. The highest BCUT2D eigenvalue weighted by Crippen LogP contribution is 2.60. The van der Waals surface area contributed by atoms with Gasteiger partial charge in [-0.3, -0.25) is 0 Å². The Balaban J connectivity index is 6.44. The van der Waals surface area contributed by atoms with Crippen molar-refractivity contribution in [1.29, 1.82) is 0 Å². The Morgan fingerprint density at radius 3 is 1.36 bits per heavy atom. The first-order valence-corrected chi connectivity index (χ1v) is 5.82. The molecule has 0 aromatic carbocycles. The van der Waals surface area contributed by atoms with Gasteiger partial charge in [-0.2, -0.15) is 52.7 Å². The molecule has 15 heteroatoms. The molecule has 0 fully saturated rings. The number of aliphatic carboxylic acids is 1. The second-order valence-corrected chi connectivity index (χ2v) is 4.68. The lowest BCUT2D eigenvalue weighted by Crippen LogP contribution is -2.72. The molecule has 0 aliphatic rings. The summed E-state index contributed by atoms with van der Waals surface area (Å²) < 4.78 is 168. The molecular formula is C10H7F13O2. The smallest absolute Gasteiger partial charge is 0.410 e. The van der Waals surface area contributed by atoms with Gasteiger partial charge in [-0.25, -0.2) is 9.18 Å². The maximum Gasteiger partial charge on any atom is 0.410 e. The predicted octanol–water partition coefficient (Wildman–Crippen LogP) is 4.63. The van der Waals surface area contributed by atoms with Crippen LogP contribution in [0.25, 0.3) is 0 Å². The Hall–Kier alpha value is -1.44. The Morgan fingerprint density at radius 2 is 1.08 bits per heavy atom. The maximum atomic E-state index is 13.1. The van der Waals surface area contributed by atoms with Gasteiger partial charge in [0.2, 0.25) is 0 Å². The normalized spacial score (nSPS) is 16.7. The van der Waals surface area contributed by atoms with E-state index < -0.39 is 54.1 Å². The zero-order valence-electron chi connectivity index (χ0n) is 11.6. The van der Waals surface area contributed by atoms with Gasteiger partial charge in [-0.15, -0.1) is 0 Å². The molecule has 25 heavy (non-hydrogen) atoms. The van der Waals surface area contributed by atoms with Gasteiger partial charge >= 0.3 is 41.5 Å². The lowest BCUT2D eigenvalue weighted by molar-refractivity contribution is -0.425. The first kappa shape index (κ1) is 23.6. The van der Waals surface area contributed by atoms with Crippen LogP contribution >= 0.6 is 0 Å². The summed E-state index contributed by atoms with van der Waals surface area (Å²) in [5.41, 5.74) is 0. The Bertz CT molecular complexity index is 513. The van der Waals surface area contributed by atoms with E-state index in [0.29, 0.717) is 6.92 Å². The van der Waals surface area contributed by atoms with E-state index in [9.17, 15) is 61.9 Å². The van der Waals surface area contributed by atoms with Gasteiger partial charge in [0.05, 0.1) is 0 Å². The Morgan fingerprint density at radius 1 is 0.760 bits per heavy atom. The summed E-state index contributed by atoms with van der Waals surface area (Å²) in [6.45, 7) is 0.373. The number of halogens is 13. The van der Waals surface area contributed by atoms with Crippen LogP contribution in [0.1, 0.15) is 13.3 Å². The number of carboxylic acids is 1. The van der Waals surface area contributed by atoms with Crippen molar-refractivity contribution in [3.05, 3.63) is 0 Å². The molecule has 0 aromatic heterocycles. The molecule has 0 heterocycles. The Labute approximate surface area is 129 Å². The summed E-state index contributed by atoms with van der Waals surface area (Å²) in [5.74, 6) is -49.2. The lowest BCUT2D eigenvalue weighted by Gasteiger charge is -2.41. The number of alkyl halides is 13. The van der Waals surface area contributed by atoms with Crippen molar-refractivity contribution < 1.29 is 67.0 Å². The molecule has 1 atom stereocenters. The molecule has 0 aliphatic heterocycles. The fourth-order valence-electron chi connectivity index (χ4n) is 1.39. The molecule has 2 nitrogen and oxygen atoms in total. The Kier molecular flexibility index (Phi) is 5.72. The van der Waals surface area contributed by atoms with E-state index in [1.807, 2.05) is 0 Å². The highest BCUT2D eigenvalue weighted by Gasteiger charge is 2.91. The number of hydrogen-bond acceptors (Lipinski definition) is 1. The van der Waals surface area contributed by atoms with Crippen molar-refractivity contribution >= 4 is 5.97 Å². The average Bonchev–Trinajstić information content (AvgIpc) is 2.44. The summed E-state index contributed by atoms with van der Waals surface area (Å²) in [7, 11) is 0. The number of rotatable bonds is 8. The van der Waals surface area contributed by atoms with Crippen LogP contribution < -0.4 is 0 Å². The zero-order valence-corrected chi connectivity index (χ0v) is 11.6. The summed E-state index contributed by atoms with van der Waals surface area (Å²) >= 11 is 0. The van der Waals surface area contributed by atoms with Crippen LogP contribution in [0.5, 0.6) is 0 Å². The van der Waals surface area contributed by atoms with Gasteiger partial charge in [0.15, 0.2) is 6.17 Å². The largest absolute Gasteiger partial charge is 0.477 e. The van der Waals surface area contributed by atoms with E-state index in [0.717, 1.165) is 0 Å². The SMILES string of the molecule is CCC(F)C(F)(F)C(F)(F)C(F)(F)C(F)(F)C(F)(F)C(F)(F)C(=O)O. The molecule has 0 bridgehead atoms. The molecule has 0 radical (unpaired) electrons. The highest BCUT2D eigenvalue weighted by molar-refractivity contribution is 5.77. The van der Waals surface area contributed by atoms with Gasteiger partial charge in [-0.1, -0.05) is 6.92 Å². The van der Waals surface area contributed by atoms with Crippen molar-refractivity contribution in [1.82, 2.24) is 0 Å². The van der Waals surface area contributed by atoms with E-state index >= 15 is 0 Å². The summed E-state index contributed by atoms with van der Waals surface area (Å²) in [5, 5.41) is 7.69. The van der Waals surface area contributed by atoms with Gasteiger partial charge in [0, 0.05) is 0 Å². The monoisotopic (exact) mass is 406 g/mol. The van der Waals surface area contributed by atoms with Crippen LogP contribution in [0.15, 0.2) is 0 Å². The number of carboxylic acid groups (broad SMARTS) is 1. The van der Waals surface area contributed by atoms with E-state index in [-0.39, 0.29) is 0 Å². The minimum atomic E-state index is -8.01. The molecule has 150 valence electrons. The van der Waals surface area contributed by atoms with Crippen LogP contribution in [-0.4, -0.2) is 52.8 Å². The third-order valence-corrected chi connectivity index (χ3v) is 3.02. The third-order valence-electron chi connectivity index (χ3n) is 3.02. The van der Waals surface area contributed by atoms with Crippen LogP contribution in [0.4, 0.5) is 57.1 Å². The van der Waals surface area contributed by atoms with Crippen molar-refractivity contribution in [2.75, 3.05) is 0 Å². The topological polar surface area (TPSA) is 37.3 Å². The van der Waals surface area contributed by atoms with Gasteiger partial charge < -0.3 is 5.11 Å². The van der Waals surface area contributed by atoms with E-state index in [4.69, 9.17) is 5.11 Å². The molecule has 0 saturated heterocycles. The summed E-state index contributed by atoms with van der Waals surface area (Å²) in [6, 6.07) is 0. The average molecular weight is 406 g/mol. The molecule has 1 unspecified atom stereocenters. The number of hydrogen-bond donors (Lipinski definition) is 1. The second kappa shape index (κ2) is 6.07. The fraction of sp³-hybridized carbons (Fsp3) is 0.900. The third kappa shape index (κ3) is 2.88. The fourth-order valence-corrected chi connectivity index (χ4v) is 1.39. The van der Waals surface area contributed by atoms with Gasteiger partial charge in [0.1, 0.15) is 0 Å². The quantitative estimate of drug-likeness (QED) is 0.597. The van der Waals surface area contributed by atoms with Crippen molar-refractivity contribution in [2.45, 2.75) is 55.1 Å². The van der Waals surface area contributed by atoms with Gasteiger partial charge in [0.25, 0.3) is 0 Å². The van der Waals surface area contributed by atoms with Crippen LogP contribution in [0, 0.1) is 0 Å². The van der Waals surface area contributed by atoms with E-state index in [1.54, 1.807) is 0 Å². The van der Waals surface area contributed by atoms with Crippen LogP contribution in [0.3, 0.4) is 0 Å². The second-order valence-electron chi connectivity index (χ2n) is 4.68. The van der Waals surface area contributed by atoms with E-state index in [2.05, 4.69) is 0 Å². The highest BCUT2D eigenvalue weighted by atomic mass is 19.4. The van der Waals surface area contributed by atoms with Crippen molar-refractivity contribution in [3.8, 4) is 0 Å². The lowest BCUT2D eigenvalue weighted by atomic mass is 9.89. The molecule has 0 rings (SSSR count). The summed E-state index contributed by atoms with van der Waals surface area (Å²) in [6.07, 6.45) is -5.90. The minimum Gasteiger partial charge on any atom is -0.477 e. The maximum absolute atomic E-state index is 13.1. The molecule has 0 amide bonds. The molecule has 1 N–H and O–H groups in total. The predicted molar refractivity (Wildman–Crippen MR) is 52.5 cm³/mol. The zero-order chi connectivity index (χ0) is 20.9. The van der Waals surface area contributed by atoms with Crippen molar-refractivity contribution in [3.63, 3.8) is 0 Å². The molecule has 0 spiro atoms. The van der Waals surface area contributed by atoms with Crippen LogP contribution in [0.2, 0.25) is 0 Å². The summed E-state index contributed by atoms with van der Waals surface area (Å²) in [4.78, 5) is 9.84. The molecule has 0 aromatic rings. The van der Waals surface area contributed by atoms with E-state index in [1.165, 1.54) is 0 Å². The molecular weight excluding hydrogens is 399 g/mol. The first-order valence-electron chi connectivity index (χ1n) is 5.82. The minimum absolute atomic E-state index is 0.373. The molecule has 0 saturated carbocycles.